The number of H-pyrrole nitrogens is 1. The minimum absolute atomic E-state index is 0.229. The standard InChI is InChI=1S/C26H31N7O4/c1-26(2,3)37-25(35)33-11-9-19-20(16-33)29-22(31-23(19)32-12-14-36-15-13-32)17-4-6-18(7-5-17)28-24-27-10-8-21(34)30-24/h4-8,10H,9,11-16H2,1-3H3,(H2,27,28,30,34). The number of amides is 1. The SMILES string of the molecule is CC(C)(C)OC(=O)N1CCc2c(nc(-c3ccc(Nc4nccc(=O)[nH]4)cc3)nc2N2CCOCC2)C1. The second-order valence-corrected chi connectivity index (χ2v) is 10.0. The molecule has 0 aliphatic carbocycles. The molecule has 0 bridgehead atoms. The minimum Gasteiger partial charge on any atom is -0.444 e. The molecule has 0 radical (unpaired) electrons. The van der Waals surface area contributed by atoms with E-state index in [1.165, 1.54) is 12.3 Å². The first-order chi connectivity index (χ1) is 17.7. The first kappa shape index (κ1) is 24.7. The lowest BCUT2D eigenvalue weighted by Crippen LogP contribution is -2.42. The Morgan fingerprint density at radius 2 is 1.84 bits per heavy atom. The molecule has 3 aromatic rings. The van der Waals surface area contributed by atoms with E-state index < -0.39 is 5.60 Å². The summed E-state index contributed by atoms with van der Waals surface area (Å²) in [5.74, 6) is 1.85. The number of ether oxygens (including phenoxy) is 2. The van der Waals surface area contributed by atoms with Crippen LogP contribution >= 0.6 is 0 Å². The summed E-state index contributed by atoms with van der Waals surface area (Å²) in [5.41, 5.74) is 2.71. The molecule has 1 fully saturated rings. The van der Waals surface area contributed by atoms with Crippen molar-refractivity contribution in [2.45, 2.75) is 39.3 Å². The Kier molecular flexibility index (Phi) is 6.79. The molecule has 1 saturated heterocycles. The number of morpholine rings is 1. The van der Waals surface area contributed by atoms with Crippen LogP contribution < -0.4 is 15.8 Å². The summed E-state index contributed by atoms with van der Waals surface area (Å²) in [6, 6.07) is 8.96. The molecular formula is C26H31N7O4. The Labute approximate surface area is 214 Å². The van der Waals surface area contributed by atoms with E-state index in [9.17, 15) is 9.59 Å². The monoisotopic (exact) mass is 505 g/mol. The van der Waals surface area contributed by atoms with Gasteiger partial charge in [0.25, 0.3) is 5.56 Å². The van der Waals surface area contributed by atoms with Crippen molar-refractivity contribution in [3.05, 3.63) is 58.1 Å². The summed E-state index contributed by atoms with van der Waals surface area (Å²) in [5, 5.41) is 3.09. The van der Waals surface area contributed by atoms with Gasteiger partial charge in [-0.05, 0) is 51.5 Å². The van der Waals surface area contributed by atoms with Crippen LogP contribution in [0.5, 0.6) is 0 Å². The molecule has 0 saturated carbocycles. The molecule has 2 aliphatic heterocycles. The van der Waals surface area contributed by atoms with E-state index in [0.29, 0.717) is 44.5 Å². The molecule has 5 rings (SSSR count). The van der Waals surface area contributed by atoms with Crippen molar-refractivity contribution in [1.29, 1.82) is 0 Å². The average molecular weight is 506 g/mol. The molecule has 0 unspecified atom stereocenters. The van der Waals surface area contributed by atoms with Gasteiger partial charge in [-0.3, -0.25) is 9.78 Å². The van der Waals surface area contributed by atoms with Gasteiger partial charge in [0.1, 0.15) is 11.4 Å². The number of aromatic nitrogens is 4. The third kappa shape index (κ3) is 5.88. The van der Waals surface area contributed by atoms with E-state index in [-0.39, 0.29) is 11.7 Å². The number of hydrogen-bond acceptors (Lipinski definition) is 9. The number of benzene rings is 1. The maximum atomic E-state index is 12.8. The molecular weight excluding hydrogens is 474 g/mol. The van der Waals surface area contributed by atoms with Crippen LogP contribution in [-0.2, 0) is 22.4 Å². The second-order valence-electron chi connectivity index (χ2n) is 10.0. The van der Waals surface area contributed by atoms with E-state index in [4.69, 9.17) is 19.4 Å². The lowest BCUT2D eigenvalue weighted by Gasteiger charge is -2.34. The van der Waals surface area contributed by atoms with Crippen molar-refractivity contribution in [1.82, 2.24) is 24.8 Å². The summed E-state index contributed by atoms with van der Waals surface area (Å²) in [6.07, 6.45) is 1.77. The summed E-state index contributed by atoms with van der Waals surface area (Å²) in [7, 11) is 0. The van der Waals surface area contributed by atoms with E-state index in [1.54, 1.807) is 4.90 Å². The van der Waals surface area contributed by atoms with Crippen LogP contribution in [0.3, 0.4) is 0 Å². The van der Waals surface area contributed by atoms with Gasteiger partial charge >= 0.3 is 6.09 Å². The van der Waals surface area contributed by atoms with Gasteiger partial charge in [0.05, 0.1) is 25.5 Å². The number of aromatic amines is 1. The van der Waals surface area contributed by atoms with E-state index >= 15 is 0 Å². The van der Waals surface area contributed by atoms with Gasteiger partial charge in [0.15, 0.2) is 5.82 Å². The number of fused-ring (bicyclic) bond motifs is 1. The van der Waals surface area contributed by atoms with Gasteiger partial charge in [-0.15, -0.1) is 0 Å². The number of carbonyl (C=O) groups is 1. The fourth-order valence-corrected chi connectivity index (χ4v) is 4.33. The zero-order valence-electron chi connectivity index (χ0n) is 21.3. The smallest absolute Gasteiger partial charge is 0.410 e. The number of anilines is 3. The van der Waals surface area contributed by atoms with Crippen LogP contribution in [0.25, 0.3) is 11.4 Å². The Bertz CT molecular complexity index is 1330. The molecule has 0 spiro atoms. The Balaban J connectivity index is 1.44. The predicted octanol–water partition coefficient (Wildman–Crippen LogP) is 3.10. The van der Waals surface area contributed by atoms with E-state index in [1.807, 2.05) is 45.0 Å². The maximum absolute atomic E-state index is 12.8. The molecule has 1 aromatic carbocycles. The molecule has 2 N–H and O–H groups in total. The summed E-state index contributed by atoms with van der Waals surface area (Å²) >= 11 is 0. The van der Waals surface area contributed by atoms with Gasteiger partial charge in [0.2, 0.25) is 5.95 Å². The molecule has 2 aliphatic rings. The van der Waals surface area contributed by atoms with Crippen LogP contribution in [0, 0.1) is 0 Å². The van der Waals surface area contributed by atoms with Crippen LogP contribution in [0.2, 0.25) is 0 Å². The first-order valence-electron chi connectivity index (χ1n) is 12.4. The highest BCUT2D eigenvalue weighted by Gasteiger charge is 2.30. The molecule has 0 atom stereocenters. The predicted molar refractivity (Wildman–Crippen MR) is 139 cm³/mol. The van der Waals surface area contributed by atoms with Crippen LogP contribution in [0.1, 0.15) is 32.0 Å². The summed E-state index contributed by atoms with van der Waals surface area (Å²) in [6.45, 7) is 9.31. The van der Waals surface area contributed by atoms with Gasteiger partial charge in [-0.1, -0.05) is 0 Å². The van der Waals surface area contributed by atoms with Crippen molar-refractivity contribution >= 4 is 23.5 Å². The molecule has 11 heteroatoms. The van der Waals surface area contributed by atoms with Crippen LogP contribution in [0.4, 0.5) is 22.2 Å². The van der Waals surface area contributed by atoms with Gasteiger partial charge in [-0.25, -0.2) is 19.7 Å². The fourth-order valence-electron chi connectivity index (χ4n) is 4.33. The van der Waals surface area contributed by atoms with E-state index in [2.05, 4.69) is 20.2 Å². The van der Waals surface area contributed by atoms with Gasteiger partial charge < -0.3 is 24.6 Å². The molecule has 37 heavy (non-hydrogen) atoms. The third-order valence-corrected chi connectivity index (χ3v) is 6.08. The lowest BCUT2D eigenvalue weighted by molar-refractivity contribution is 0.0221. The largest absolute Gasteiger partial charge is 0.444 e. The fraction of sp³-hybridized carbons (Fsp3) is 0.423. The quantitative estimate of drug-likeness (QED) is 0.550. The second kappa shape index (κ2) is 10.2. The molecule has 194 valence electrons. The lowest BCUT2D eigenvalue weighted by atomic mass is 10.0. The van der Waals surface area contributed by atoms with Crippen molar-refractivity contribution in [2.24, 2.45) is 0 Å². The Hall–Kier alpha value is -3.99. The van der Waals surface area contributed by atoms with Crippen LogP contribution in [0.15, 0.2) is 41.3 Å². The number of carbonyl (C=O) groups excluding carboxylic acids is 1. The number of rotatable bonds is 4. The Morgan fingerprint density at radius 1 is 1.08 bits per heavy atom. The molecule has 1 amide bonds. The third-order valence-electron chi connectivity index (χ3n) is 6.08. The van der Waals surface area contributed by atoms with Gasteiger partial charge in [0, 0.05) is 48.7 Å². The van der Waals surface area contributed by atoms with Crippen molar-refractivity contribution < 1.29 is 14.3 Å². The topological polar surface area (TPSA) is 126 Å². The van der Waals surface area contributed by atoms with Crippen molar-refractivity contribution in [3.63, 3.8) is 0 Å². The minimum atomic E-state index is -0.564. The molecule has 4 heterocycles. The van der Waals surface area contributed by atoms with Crippen molar-refractivity contribution in [2.75, 3.05) is 43.1 Å². The summed E-state index contributed by atoms with van der Waals surface area (Å²) < 4.78 is 11.2. The highest BCUT2D eigenvalue weighted by atomic mass is 16.6. The number of nitrogens with one attached hydrogen (secondary N) is 2. The van der Waals surface area contributed by atoms with Crippen molar-refractivity contribution in [3.8, 4) is 11.4 Å². The highest BCUT2D eigenvalue weighted by Crippen LogP contribution is 2.31. The summed E-state index contributed by atoms with van der Waals surface area (Å²) in [4.78, 5) is 44.9. The number of hydrogen-bond donors (Lipinski definition) is 2. The highest BCUT2D eigenvalue weighted by molar-refractivity contribution is 5.70. The first-order valence-corrected chi connectivity index (χ1v) is 12.4. The van der Waals surface area contributed by atoms with E-state index in [0.717, 1.165) is 41.4 Å². The molecule has 11 nitrogen and oxygen atoms in total. The normalized spacial score (nSPS) is 15.8. The molecule has 2 aromatic heterocycles. The zero-order chi connectivity index (χ0) is 26.0. The number of nitrogens with zero attached hydrogens (tertiary/aromatic N) is 5. The zero-order valence-corrected chi connectivity index (χ0v) is 21.3. The Morgan fingerprint density at radius 3 is 2.54 bits per heavy atom. The van der Waals surface area contributed by atoms with Gasteiger partial charge in [-0.2, -0.15) is 0 Å². The average Bonchev–Trinajstić information content (AvgIpc) is 2.88. The van der Waals surface area contributed by atoms with Crippen LogP contribution in [-0.4, -0.2) is 69.4 Å². The maximum Gasteiger partial charge on any atom is 0.410 e.